The van der Waals surface area contributed by atoms with Crippen LogP contribution in [-0.4, -0.2) is 82.1 Å². The van der Waals surface area contributed by atoms with Gasteiger partial charge in [0.2, 0.25) is 5.13 Å². The van der Waals surface area contributed by atoms with E-state index in [2.05, 4.69) is 20.1 Å². The lowest BCUT2D eigenvalue weighted by atomic mass is 9.77. The number of halogens is 6. The largest absolute Gasteiger partial charge is 0.490 e. The lowest BCUT2D eigenvalue weighted by Crippen LogP contribution is -2.40. The minimum atomic E-state index is -5.08. The number of hydrogen-bond acceptors (Lipinski definition) is 9. The molecule has 4 heterocycles. The lowest BCUT2D eigenvalue weighted by molar-refractivity contribution is -0.193. The Morgan fingerprint density at radius 2 is 1.71 bits per heavy atom. The predicted molar refractivity (Wildman–Crippen MR) is 120 cm³/mol. The zero-order valence-electron chi connectivity index (χ0n) is 19.8. The van der Waals surface area contributed by atoms with Gasteiger partial charge in [-0.1, -0.05) is 11.3 Å². The van der Waals surface area contributed by atoms with Gasteiger partial charge in [0.1, 0.15) is 17.4 Å². The number of rotatable bonds is 4. The Labute approximate surface area is 216 Å². The molecular formula is C21H24F6N4O6S. The highest BCUT2D eigenvalue weighted by molar-refractivity contribution is 7.15. The highest BCUT2D eigenvalue weighted by Gasteiger charge is 2.43. The number of aromatic nitrogens is 3. The fraction of sp³-hybridized carbons (Fsp3) is 0.571. The van der Waals surface area contributed by atoms with E-state index in [0.717, 1.165) is 54.8 Å². The van der Waals surface area contributed by atoms with Crippen LogP contribution in [0.15, 0.2) is 24.5 Å². The van der Waals surface area contributed by atoms with Crippen LogP contribution >= 0.6 is 11.3 Å². The molecule has 0 bridgehead atoms. The number of anilines is 1. The van der Waals surface area contributed by atoms with Crippen LogP contribution < -0.4 is 9.64 Å². The molecular weight excluding hydrogens is 550 g/mol. The summed E-state index contributed by atoms with van der Waals surface area (Å²) in [5, 5.41) is 24.7. The van der Waals surface area contributed by atoms with Gasteiger partial charge in [0.15, 0.2) is 0 Å². The number of hydrogen-bond donors (Lipinski definition) is 2. The maximum Gasteiger partial charge on any atom is 0.490 e. The van der Waals surface area contributed by atoms with Gasteiger partial charge in [-0.05, 0) is 43.7 Å². The van der Waals surface area contributed by atoms with Gasteiger partial charge in [-0.2, -0.15) is 26.3 Å². The summed E-state index contributed by atoms with van der Waals surface area (Å²) in [7, 11) is 0. The van der Waals surface area contributed by atoms with E-state index in [0.29, 0.717) is 12.0 Å². The van der Waals surface area contributed by atoms with E-state index in [4.69, 9.17) is 29.3 Å². The summed E-state index contributed by atoms with van der Waals surface area (Å²) in [6.45, 7) is 5.52. The van der Waals surface area contributed by atoms with Crippen LogP contribution in [0.5, 0.6) is 5.75 Å². The van der Waals surface area contributed by atoms with Crippen molar-refractivity contribution < 1.29 is 55.6 Å². The molecule has 2 N–H and O–H groups in total. The van der Waals surface area contributed by atoms with Crippen molar-refractivity contribution in [1.82, 2.24) is 15.2 Å². The Balaban J connectivity index is 0.000000301. The number of carboxylic acids is 2. The third kappa shape index (κ3) is 9.92. The highest BCUT2D eigenvalue weighted by atomic mass is 32.1. The molecule has 10 nitrogen and oxygen atoms in total. The van der Waals surface area contributed by atoms with Crippen molar-refractivity contribution in [1.29, 1.82) is 0 Å². The summed E-state index contributed by atoms with van der Waals surface area (Å²) in [4.78, 5) is 24.2. The van der Waals surface area contributed by atoms with Gasteiger partial charge in [0, 0.05) is 19.3 Å². The minimum absolute atomic E-state index is 0.181. The molecule has 2 aromatic rings. The van der Waals surface area contributed by atoms with Gasteiger partial charge < -0.3 is 24.6 Å². The number of ether oxygens (including phenoxy) is 2. The molecule has 2 aliphatic heterocycles. The van der Waals surface area contributed by atoms with Crippen LogP contribution in [0, 0.1) is 12.3 Å². The van der Waals surface area contributed by atoms with Gasteiger partial charge in [0.25, 0.3) is 0 Å². The van der Waals surface area contributed by atoms with Crippen LogP contribution in [-0.2, 0) is 14.3 Å². The number of pyridine rings is 1. The molecule has 212 valence electrons. The van der Waals surface area contributed by atoms with Crippen molar-refractivity contribution in [2.45, 2.75) is 44.6 Å². The maximum absolute atomic E-state index is 10.6. The number of nitrogens with zero attached hydrogens (tertiary/aromatic N) is 4. The van der Waals surface area contributed by atoms with E-state index in [-0.39, 0.29) is 6.10 Å². The van der Waals surface area contributed by atoms with Crippen molar-refractivity contribution in [2.24, 2.45) is 5.41 Å². The maximum atomic E-state index is 10.6. The summed E-state index contributed by atoms with van der Waals surface area (Å²) in [6.07, 6.45) is -3.12. The average Bonchev–Trinajstić information content (AvgIpc) is 3.45. The zero-order chi connectivity index (χ0) is 28.6. The number of carbonyl (C=O) groups is 2. The number of carboxylic acid groups (broad SMARTS) is 2. The standard InChI is InChI=1S/C17H22N4O2S.2C2HF3O2/c1-13-19-20-16(24-13)21-7-4-17(5-8-21)9-15(23-12-17)11-22-14-3-2-6-18-10-14;2*3-2(4,5)1(6)7/h2-3,6,10,15H,4-5,7-9,11-12H2,1H3;2*(H,6,7). The molecule has 17 heteroatoms. The first-order chi connectivity index (χ1) is 17.6. The average molecular weight is 575 g/mol. The fourth-order valence-corrected chi connectivity index (χ4v) is 4.30. The first kappa shape index (κ1) is 31.0. The normalized spacial score (nSPS) is 18.6. The smallest absolute Gasteiger partial charge is 0.489 e. The summed E-state index contributed by atoms with van der Waals surface area (Å²) in [6, 6.07) is 3.82. The molecule has 38 heavy (non-hydrogen) atoms. The second kappa shape index (κ2) is 13.0. The van der Waals surface area contributed by atoms with E-state index in [1.165, 1.54) is 0 Å². The van der Waals surface area contributed by atoms with Crippen LogP contribution in [0.2, 0.25) is 0 Å². The number of aliphatic carboxylic acids is 2. The second-order valence-corrected chi connectivity index (χ2v) is 9.49. The Kier molecular flexibility index (Phi) is 10.6. The molecule has 1 atom stereocenters. The predicted octanol–water partition coefficient (Wildman–Crippen LogP) is 3.96. The highest BCUT2D eigenvalue weighted by Crippen LogP contribution is 2.43. The number of aryl methyl sites for hydroxylation is 1. The number of alkyl halides is 6. The molecule has 1 unspecified atom stereocenters. The van der Waals surface area contributed by atoms with Gasteiger partial charge in [-0.25, -0.2) is 9.59 Å². The van der Waals surface area contributed by atoms with Crippen LogP contribution in [0.4, 0.5) is 31.5 Å². The monoisotopic (exact) mass is 574 g/mol. The lowest BCUT2D eigenvalue weighted by Gasteiger charge is -2.38. The first-order valence-corrected chi connectivity index (χ1v) is 11.7. The van der Waals surface area contributed by atoms with Crippen LogP contribution in [0.1, 0.15) is 24.3 Å². The topological polar surface area (TPSA) is 135 Å². The van der Waals surface area contributed by atoms with E-state index < -0.39 is 24.3 Å². The molecule has 2 saturated heterocycles. The van der Waals surface area contributed by atoms with Crippen LogP contribution in [0.25, 0.3) is 0 Å². The fourth-order valence-electron chi connectivity index (χ4n) is 3.56. The first-order valence-electron chi connectivity index (χ1n) is 10.9. The van der Waals surface area contributed by atoms with E-state index >= 15 is 0 Å². The molecule has 2 fully saturated rings. The van der Waals surface area contributed by atoms with E-state index in [9.17, 15) is 26.3 Å². The van der Waals surface area contributed by atoms with Crippen molar-refractivity contribution in [3.05, 3.63) is 29.5 Å². The Bertz CT molecular complexity index is 1020. The van der Waals surface area contributed by atoms with Gasteiger partial charge in [0.05, 0.1) is 18.9 Å². The summed E-state index contributed by atoms with van der Waals surface area (Å²) in [5.41, 5.74) is 0.305. The van der Waals surface area contributed by atoms with E-state index in [1.807, 2.05) is 19.1 Å². The Hall–Kier alpha value is -3.21. The molecule has 0 aromatic carbocycles. The molecule has 0 amide bonds. The molecule has 2 aliphatic rings. The Morgan fingerprint density at radius 1 is 1.13 bits per heavy atom. The van der Waals surface area contributed by atoms with Crippen molar-refractivity contribution in [3.8, 4) is 5.75 Å². The second-order valence-electron chi connectivity index (χ2n) is 8.33. The Morgan fingerprint density at radius 3 is 2.16 bits per heavy atom. The SMILES string of the molecule is Cc1nnc(N2CCC3(CC2)COC(COc2cccnc2)C3)s1.O=C(O)C(F)(F)F.O=C(O)C(F)(F)F. The van der Waals surface area contributed by atoms with Crippen molar-refractivity contribution in [2.75, 3.05) is 31.2 Å². The molecule has 0 aliphatic carbocycles. The van der Waals surface area contributed by atoms with Gasteiger partial charge in [-0.15, -0.1) is 10.2 Å². The van der Waals surface area contributed by atoms with Crippen LogP contribution in [0.3, 0.4) is 0 Å². The number of piperidine rings is 1. The molecule has 1 spiro atoms. The zero-order valence-corrected chi connectivity index (χ0v) is 20.6. The summed E-state index contributed by atoms with van der Waals surface area (Å²) in [5.74, 6) is -4.71. The molecule has 4 rings (SSSR count). The van der Waals surface area contributed by atoms with Crippen molar-refractivity contribution in [3.63, 3.8) is 0 Å². The molecule has 2 aromatic heterocycles. The third-order valence-electron chi connectivity index (χ3n) is 5.45. The quantitative estimate of drug-likeness (QED) is 0.517. The third-order valence-corrected chi connectivity index (χ3v) is 6.35. The molecule has 0 radical (unpaired) electrons. The van der Waals surface area contributed by atoms with Gasteiger partial charge >= 0.3 is 24.3 Å². The minimum Gasteiger partial charge on any atom is -0.489 e. The van der Waals surface area contributed by atoms with E-state index in [1.54, 1.807) is 23.7 Å². The molecule has 0 saturated carbocycles. The van der Waals surface area contributed by atoms with Crippen molar-refractivity contribution >= 4 is 28.4 Å². The summed E-state index contributed by atoms with van der Waals surface area (Å²) >= 11 is 1.68. The van der Waals surface area contributed by atoms with Gasteiger partial charge in [-0.3, -0.25) is 4.98 Å². The summed E-state index contributed by atoms with van der Waals surface area (Å²) < 4.78 is 75.3.